The van der Waals surface area contributed by atoms with Crippen LogP contribution in [0.4, 0.5) is 8.78 Å². The number of benzene rings is 1. The van der Waals surface area contributed by atoms with Gasteiger partial charge in [0, 0.05) is 23.7 Å². The molecule has 0 amide bonds. The third kappa shape index (κ3) is 4.02. The molecule has 0 bridgehead atoms. The second-order valence-electron chi connectivity index (χ2n) is 6.09. The van der Waals surface area contributed by atoms with Crippen LogP contribution in [0.3, 0.4) is 0 Å². The van der Waals surface area contributed by atoms with E-state index in [0.717, 1.165) is 6.07 Å². The third-order valence-electron chi connectivity index (χ3n) is 4.55. The number of halogens is 2. The monoisotopic (exact) mass is 281 g/mol. The molecule has 1 aromatic rings. The summed E-state index contributed by atoms with van der Waals surface area (Å²) in [5.41, 5.74) is 0.548. The Balaban J connectivity index is 1.97. The van der Waals surface area contributed by atoms with Crippen LogP contribution < -0.4 is 5.32 Å². The zero-order chi connectivity index (χ0) is 14.5. The normalized spacial score (nSPS) is 20.4. The molecule has 2 atom stereocenters. The molecule has 1 unspecified atom stereocenters. The Morgan fingerprint density at radius 1 is 1.05 bits per heavy atom. The Labute approximate surface area is 120 Å². The van der Waals surface area contributed by atoms with Gasteiger partial charge in [-0.3, -0.25) is 0 Å². The van der Waals surface area contributed by atoms with Crippen LogP contribution in [0.1, 0.15) is 64.0 Å². The Morgan fingerprint density at radius 2 is 1.70 bits per heavy atom. The minimum atomic E-state index is -0.518. The molecule has 0 aliphatic heterocycles. The van der Waals surface area contributed by atoms with Gasteiger partial charge in [-0.15, -0.1) is 0 Å². The lowest BCUT2D eigenvalue weighted by molar-refractivity contribution is 0.314. The minimum absolute atomic E-state index is 0.0890. The van der Waals surface area contributed by atoms with Gasteiger partial charge in [-0.1, -0.05) is 31.7 Å². The summed E-state index contributed by atoms with van der Waals surface area (Å²) < 4.78 is 26.7. The molecular formula is C17H25F2N. The maximum absolute atomic E-state index is 13.8. The Bertz CT molecular complexity index is 425. The third-order valence-corrected chi connectivity index (χ3v) is 4.55. The van der Waals surface area contributed by atoms with Gasteiger partial charge in [-0.25, -0.2) is 8.78 Å². The smallest absolute Gasteiger partial charge is 0.130 e. The largest absolute Gasteiger partial charge is 0.307 e. The summed E-state index contributed by atoms with van der Waals surface area (Å²) in [6.07, 6.45) is 7.79. The molecular weight excluding hydrogens is 256 g/mol. The molecule has 1 N–H and O–H groups in total. The standard InChI is InChI=1S/C17H25F2N/c1-12(14-7-5-3-4-6-8-14)20-13(2)16-10-9-15(18)11-17(16)19/h9-14,20H,3-8H2,1-2H3/t12-,13?/m0/s1. The fraction of sp³-hybridized carbons (Fsp3) is 0.647. The van der Waals surface area contributed by atoms with Gasteiger partial charge in [-0.05, 0) is 38.7 Å². The van der Waals surface area contributed by atoms with Crippen molar-refractivity contribution in [3.63, 3.8) is 0 Å². The molecule has 1 aromatic carbocycles. The van der Waals surface area contributed by atoms with E-state index in [1.807, 2.05) is 6.92 Å². The van der Waals surface area contributed by atoms with E-state index in [1.165, 1.54) is 44.6 Å². The molecule has 2 rings (SSSR count). The van der Waals surface area contributed by atoms with Gasteiger partial charge in [0.15, 0.2) is 0 Å². The Morgan fingerprint density at radius 3 is 2.30 bits per heavy atom. The van der Waals surface area contributed by atoms with Gasteiger partial charge in [0.05, 0.1) is 0 Å². The first-order valence-electron chi connectivity index (χ1n) is 7.79. The Hall–Kier alpha value is -0.960. The number of hydrogen-bond acceptors (Lipinski definition) is 1. The molecule has 1 nitrogen and oxygen atoms in total. The molecule has 0 spiro atoms. The maximum atomic E-state index is 13.8. The summed E-state index contributed by atoms with van der Waals surface area (Å²) in [7, 11) is 0. The van der Waals surface area contributed by atoms with E-state index in [9.17, 15) is 8.78 Å². The van der Waals surface area contributed by atoms with Gasteiger partial charge in [0.1, 0.15) is 11.6 Å². The first-order valence-corrected chi connectivity index (χ1v) is 7.79. The van der Waals surface area contributed by atoms with Crippen LogP contribution in [0, 0.1) is 17.6 Å². The summed E-state index contributed by atoms with van der Waals surface area (Å²) in [5, 5.41) is 3.49. The van der Waals surface area contributed by atoms with Crippen LogP contribution in [0.25, 0.3) is 0 Å². The van der Waals surface area contributed by atoms with Crippen molar-refractivity contribution < 1.29 is 8.78 Å². The van der Waals surface area contributed by atoms with Gasteiger partial charge >= 0.3 is 0 Å². The molecule has 1 saturated carbocycles. The van der Waals surface area contributed by atoms with E-state index in [-0.39, 0.29) is 6.04 Å². The molecule has 1 aliphatic rings. The summed E-state index contributed by atoms with van der Waals surface area (Å²) >= 11 is 0. The average Bonchev–Trinajstić information content (AvgIpc) is 2.67. The molecule has 20 heavy (non-hydrogen) atoms. The molecule has 1 aliphatic carbocycles. The highest BCUT2D eigenvalue weighted by Gasteiger charge is 2.21. The van der Waals surface area contributed by atoms with Crippen molar-refractivity contribution in [3.05, 3.63) is 35.4 Å². The van der Waals surface area contributed by atoms with Crippen molar-refractivity contribution in [1.82, 2.24) is 5.32 Å². The molecule has 0 heterocycles. The van der Waals surface area contributed by atoms with Crippen molar-refractivity contribution in [3.8, 4) is 0 Å². The molecule has 1 fully saturated rings. The predicted molar refractivity (Wildman–Crippen MR) is 78.6 cm³/mol. The predicted octanol–water partition coefficient (Wildman–Crippen LogP) is 4.97. The summed E-state index contributed by atoms with van der Waals surface area (Å²) in [6, 6.07) is 4.11. The van der Waals surface area contributed by atoms with E-state index in [4.69, 9.17) is 0 Å². The maximum Gasteiger partial charge on any atom is 0.130 e. The van der Waals surface area contributed by atoms with Gasteiger partial charge in [-0.2, -0.15) is 0 Å². The highest BCUT2D eigenvalue weighted by atomic mass is 19.1. The average molecular weight is 281 g/mol. The van der Waals surface area contributed by atoms with Gasteiger partial charge < -0.3 is 5.32 Å². The quantitative estimate of drug-likeness (QED) is 0.768. The zero-order valence-electron chi connectivity index (χ0n) is 12.5. The SMILES string of the molecule is CC(N[C@@H](C)C1CCCCCC1)c1ccc(F)cc1F. The number of rotatable bonds is 4. The van der Waals surface area contributed by atoms with Crippen LogP contribution in [-0.2, 0) is 0 Å². The lowest BCUT2D eigenvalue weighted by Gasteiger charge is -2.27. The Kier molecular flexibility index (Phi) is 5.53. The van der Waals surface area contributed by atoms with Gasteiger partial charge in [0.25, 0.3) is 0 Å². The lowest BCUT2D eigenvalue weighted by Crippen LogP contribution is -2.35. The van der Waals surface area contributed by atoms with E-state index >= 15 is 0 Å². The number of hydrogen-bond donors (Lipinski definition) is 1. The zero-order valence-corrected chi connectivity index (χ0v) is 12.5. The number of nitrogens with one attached hydrogen (secondary N) is 1. The molecule has 0 radical (unpaired) electrons. The minimum Gasteiger partial charge on any atom is -0.307 e. The topological polar surface area (TPSA) is 12.0 Å². The van der Waals surface area contributed by atoms with Gasteiger partial charge in [0.2, 0.25) is 0 Å². The van der Waals surface area contributed by atoms with Crippen LogP contribution in [-0.4, -0.2) is 6.04 Å². The van der Waals surface area contributed by atoms with E-state index in [1.54, 1.807) is 6.07 Å². The molecule has 112 valence electrons. The fourth-order valence-corrected chi connectivity index (χ4v) is 3.28. The second kappa shape index (κ2) is 7.16. The van der Waals surface area contributed by atoms with Crippen molar-refractivity contribution in [1.29, 1.82) is 0 Å². The van der Waals surface area contributed by atoms with Crippen molar-refractivity contribution in [2.24, 2.45) is 5.92 Å². The highest BCUT2D eigenvalue weighted by molar-refractivity contribution is 5.21. The summed E-state index contributed by atoms with van der Waals surface area (Å²) in [4.78, 5) is 0. The van der Waals surface area contributed by atoms with Crippen LogP contribution in [0.2, 0.25) is 0 Å². The first-order chi connectivity index (χ1) is 9.58. The molecule has 0 aromatic heterocycles. The van der Waals surface area contributed by atoms with E-state index < -0.39 is 11.6 Å². The van der Waals surface area contributed by atoms with Crippen LogP contribution >= 0.6 is 0 Å². The van der Waals surface area contributed by atoms with E-state index in [2.05, 4.69) is 12.2 Å². The van der Waals surface area contributed by atoms with E-state index in [0.29, 0.717) is 17.5 Å². The summed E-state index contributed by atoms with van der Waals surface area (Å²) in [6.45, 7) is 4.14. The lowest BCUT2D eigenvalue weighted by atomic mass is 9.92. The summed E-state index contributed by atoms with van der Waals surface area (Å²) in [5.74, 6) is -0.309. The molecule has 3 heteroatoms. The van der Waals surface area contributed by atoms with Crippen molar-refractivity contribution in [2.45, 2.75) is 64.5 Å². The fourth-order valence-electron chi connectivity index (χ4n) is 3.28. The van der Waals surface area contributed by atoms with Crippen LogP contribution in [0.5, 0.6) is 0 Å². The van der Waals surface area contributed by atoms with Crippen molar-refractivity contribution in [2.75, 3.05) is 0 Å². The first kappa shape index (κ1) is 15.4. The highest BCUT2D eigenvalue weighted by Crippen LogP contribution is 2.27. The molecule has 0 saturated heterocycles. The second-order valence-corrected chi connectivity index (χ2v) is 6.09. The van der Waals surface area contributed by atoms with Crippen molar-refractivity contribution >= 4 is 0 Å². The van der Waals surface area contributed by atoms with Crippen LogP contribution in [0.15, 0.2) is 18.2 Å².